The van der Waals surface area contributed by atoms with Gasteiger partial charge in [0, 0.05) is 33.7 Å². The molecule has 0 N–H and O–H groups in total. The Bertz CT molecular complexity index is 3470. The number of para-hydroxylation sites is 1. The number of rotatable bonds is 8. The molecule has 0 amide bonds. The first-order valence-corrected chi connectivity index (χ1v) is 23.2. The maximum absolute atomic E-state index is 2.49. The van der Waals surface area contributed by atoms with E-state index in [1.807, 2.05) is 0 Å². The lowest BCUT2D eigenvalue weighted by atomic mass is 9.67. The van der Waals surface area contributed by atoms with E-state index in [0.717, 1.165) is 22.7 Å². The molecule has 13 rings (SSSR count). The molecule has 0 unspecified atom stereocenters. The van der Waals surface area contributed by atoms with E-state index in [2.05, 4.69) is 277 Å². The molecule has 0 spiro atoms. The summed E-state index contributed by atoms with van der Waals surface area (Å²) in [7, 11) is 0. The summed E-state index contributed by atoms with van der Waals surface area (Å²) in [5.74, 6) is 0. The zero-order valence-corrected chi connectivity index (χ0v) is 36.8. The van der Waals surface area contributed by atoms with Crippen LogP contribution in [0.25, 0.3) is 55.3 Å². The predicted molar refractivity (Wildman–Crippen MR) is 280 cm³/mol. The van der Waals surface area contributed by atoms with Gasteiger partial charge in [0.2, 0.25) is 0 Å². The van der Waals surface area contributed by atoms with E-state index in [1.54, 1.807) is 0 Å². The summed E-state index contributed by atoms with van der Waals surface area (Å²) in [4.78, 5) is 4.90. The number of hydrogen-bond donors (Lipinski definition) is 0. The minimum atomic E-state index is -0.640. The van der Waals surface area contributed by atoms with Crippen molar-refractivity contribution in [3.8, 4) is 44.5 Å². The van der Waals surface area contributed by atoms with Gasteiger partial charge in [-0.05, 0) is 127 Å². The Hall–Kier alpha value is -8.72. The van der Waals surface area contributed by atoms with Crippen LogP contribution in [0.15, 0.2) is 267 Å². The first kappa shape index (κ1) is 38.7. The van der Waals surface area contributed by atoms with Gasteiger partial charge in [-0.3, -0.25) is 0 Å². The Kier molecular flexibility index (Phi) is 9.11. The average molecular weight is 853 g/mol. The van der Waals surface area contributed by atoms with Crippen LogP contribution in [0.1, 0.15) is 22.3 Å². The van der Waals surface area contributed by atoms with Crippen molar-refractivity contribution in [1.82, 2.24) is 0 Å². The molecule has 0 saturated heterocycles. The maximum atomic E-state index is 2.49. The highest BCUT2D eigenvalue weighted by atomic mass is 15.2. The van der Waals surface area contributed by atoms with Crippen LogP contribution in [-0.4, -0.2) is 0 Å². The smallest absolute Gasteiger partial charge is 0.0715 e. The SMILES string of the molecule is c1ccc(-c2ccc(N(c3ccc(-c4ccccc4)cc3)c3ccc4c(c3)C(c3ccccc3)(c3ccccc3)c3cc(N5c6ccccc6-c6cccc7cccc5c67)ccc3-4)cc2)cc1. The van der Waals surface area contributed by atoms with E-state index < -0.39 is 5.41 Å². The summed E-state index contributed by atoms with van der Waals surface area (Å²) < 4.78 is 0. The van der Waals surface area contributed by atoms with E-state index >= 15 is 0 Å². The Morgan fingerprint density at radius 2 is 0.746 bits per heavy atom. The summed E-state index contributed by atoms with van der Waals surface area (Å²) in [6, 6.07) is 98.2. The average Bonchev–Trinajstić information content (AvgIpc) is 3.70. The Labute approximate surface area is 391 Å². The number of benzene rings is 11. The van der Waals surface area contributed by atoms with Gasteiger partial charge in [-0.2, -0.15) is 0 Å². The predicted octanol–water partition coefficient (Wildman–Crippen LogP) is 17.5. The molecule has 0 radical (unpaired) electrons. The van der Waals surface area contributed by atoms with Gasteiger partial charge in [0.15, 0.2) is 0 Å². The largest absolute Gasteiger partial charge is 0.310 e. The zero-order chi connectivity index (χ0) is 44.3. The molecule has 2 aliphatic rings. The first-order chi connectivity index (χ1) is 33.2. The molecule has 11 aromatic carbocycles. The van der Waals surface area contributed by atoms with Gasteiger partial charge in [-0.25, -0.2) is 0 Å². The van der Waals surface area contributed by atoms with E-state index in [1.165, 1.54) is 88.9 Å². The minimum absolute atomic E-state index is 0.640. The normalized spacial score (nSPS) is 12.9. The second kappa shape index (κ2) is 15.8. The third kappa shape index (κ3) is 6.18. The molecule has 0 atom stereocenters. The van der Waals surface area contributed by atoms with E-state index in [4.69, 9.17) is 0 Å². The first-order valence-electron chi connectivity index (χ1n) is 23.2. The maximum Gasteiger partial charge on any atom is 0.0715 e. The molecule has 67 heavy (non-hydrogen) atoms. The number of fused-ring (bicyclic) bond motifs is 5. The molecule has 2 nitrogen and oxygen atoms in total. The molecule has 1 aliphatic heterocycles. The second-order valence-electron chi connectivity index (χ2n) is 17.6. The Morgan fingerprint density at radius 1 is 0.299 bits per heavy atom. The van der Waals surface area contributed by atoms with Crippen LogP contribution in [0.4, 0.5) is 34.1 Å². The van der Waals surface area contributed by atoms with Crippen LogP contribution < -0.4 is 9.80 Å². The molecule has 314 valence electrons. The van der Waals surface area contributed by atoms with Crippen molar-refractivity contribution in [3.05, 3.63) is 289 Å². The lowest BCUT2D eigenvalue weighted by Gasteiger charge is -2.37. The van der Waals surface area contributed by atoms with Gasteiger partial charge in [0.25, 0.3) is 0 Å². The van der Waals surface area contributed by atoms with Gasteiger partial charge in [0.05, 0.1) is 16.8 Å². The number of nitrogens with zero attached hydrogens (tertiary/aromatic N) is 2. The summed E-state index contributed by atoms with van der Waals surface area (Å²) in [6.07, 6.45) is 0. The summed E-state index contributed by atoms with van der Waals surface area (Å²) in [6.45, 7) is 0. The van der Waals surface area contributed by atoms with E-state index in [-0.39, 0.29) is 0 Å². The molecule has 0 fully saturated rings. The highest BCUT2D eigenvalue weighted by Gasteiger charge is 2.47. The third-order valence-corrected chi connectivity index (χ3v) is 14.1. The molecule has 1 aliphatic carbocycles. The Morgan fingerprint density at radius 3 is 1.34 bits per heavy atom. The third-order valence-electron chi connectivity index (χ3n) is 14.1. The summed E-state index contributed by atoms with van der Waals surface area (Å²) in [5, 5.41) is 2.52. The lowest BCUT2D eigenvalue weighted by Crippen LogP contribution is -2.29. The van der Waals surface area contributed by atoms with Gasteiger partial charge in [-0.1, -0.05) is 206 Å². The lowest BCUT2D eigenvalue weighted by molar-refractivity contribution is 0.768. The van der Waals surface area contributed by atoms with Crippen molar-refractivity contribution in [3.63, 3.8) is 0 Å². The zero-order valence-electron chi connectivity index (χ0n) is 36.8. The van der Waals surface area contributed by atoms with Crippen LogP contribution >= 0.6 is 0 Å². The fourth-order valence-corrected chi connectivity index (χ4v) is 11.1. The van der Waals surface area contributed by atoms with Crippen molar-refractivity contribution in [2.24, 2.45) is 0 Å². The van der Waals surface area contributed by atoms with E-state index in [0.29, 0.717) is 0 Å². The van der Waals surface area contributed by atoms with Gasteiger partial charge in [-0.15, -0.1) is 0 Å². The van der Waals surface area contributed by atoms with Crippen LogP contribution in [0.3, 0.4) is 0 Å². The van der Waals surface area contributed by atoms with Crippen molar-refractivity contribution in [2.45, 2.75) is 5.41 Å². The second-order valence-corrected chi connectivity index (χ2v) is 17.6. The van der Waals surface area contributed by atoms with Gasteiger partial charge >= 0.3 is 0 Å². The topological polar surface area (TPSA) is 6.48 Å². The fraction of sp³-hybridized carbons (Fsp3) is 0.0154. The molecule has 0 aromatic heterocycles. The highest BCUT2D eigenvalue weighted by Crippen LogP contribution is 2.59. The van der Waals surface area contributed by atoms with Crippen molar-refractivity contribution >= 4 is 44.9 Å². The molecule has 1 heterocycles. The number of anilines is 6. The van der Waals surface area contributed by atoms with E-state index in [9.17, 15) is 0 Å². The monoisotopic (exact) mass is 852 g/mol. The fourth-order valence-electron chi connectivity index (χ4n) is 11.1. The number of hydrogen-bond acceptors (Lipinski definition) is 2. The summed E-state index contributed by atoms with van der Waals surface area (Å²) in [5.41, 5.74) is 20.9. The molecule has 0 bridgehead atoms. The molecular formula is C65H44N2. The highest BCUT2D eigenvalue weighted by molar-refractivity contribution is 6.14. The van der Waals surface area contributed by atoms with Crippen LogP contribution in [0.5, 0.6) is 0 Å². The van der Waals surface area contributed by atoms with Crippen LogP contribution in [0, 0.1) is 0 Å². The molecule has 11 aromatic rings. The van der Waals surface area contributed by atoms with Crippen molar-refractivity contribution in [1.29, 1.82) is 0 Å². The van der Waals surface area contributed by atoms with Crippen LogP contribution in [-0.2, 0) is 5.41 Å². The van der Waals surface area contributed by atoms with Crippen LogP contribution in [0.2, 0.25) is 0 Å². The standard InChI is InChI=1S/C65H44N2/c1-5-17-45(18-6-1)47-31-35-52(36-32-47)66(53-37-33-48(34-38-53)46-19-7-2-8-20-46)54-39-41-56-57-42-40-55(67-62-29-14-13-27-58(62)59-28-15-21-49-22-16-30-63(67)64(49)59)44-61(57)65(60(56)43-54,50-23-9-3-10-24-50)51-25-11-4-12-26-51/h1-44H. The Balaban J connectivity index is 1.03. The minimum Gasteiger partial charge on any atom is -0.310 e. The summed E-state index contributed by atoms with van der Waals surface area (Å²) >= 11 is 0. The van der Waals surface area contributed by atoms with Crippen molar-refractivity contribution < 1.29 is 0 Å². The molecule has 2 heteroatoms. The molecular weight excluding hydrogens is 809 g/mol. The quantitative estimate of drug-likeness (QED) is 0.150. The van der Waals surface area contributed by atoms with Gasteiger partial charge in [0.1, 0.15) is 0 Å². The molecule has 0 saturated carbocycles. The van der Waals surface area contributed by atoms with Gasteiger partial charge < -0.3 is 9.80 Å². The van der Waals surface area contributed by atoms with Crippen molar-refractivity contribution in [2.75, 3.05) is 9.80 Å².